The molecule has 0 spiro atoms. The van der Waals surface area contributed by atoms with Crippen molar-refractivity contribution < 1.29 is 33.2 Å². The van der Waals surface area contributed by atoms with Crippen molar-refractivity contribution in [3.63, 3.8) is 0 Å². The fourth-order valence-corrected chi connectivity index (χ4v) is 2.17. The second kappa shape index (κ2) is 7.26. The minimum atomic E-state index is 0. The van der Waals surface area contributed by atoms with Crippen molar-refractivity contribution in [2.24, 2.45) is 0 Å². The molecule has 1 aliphatic heterocycles. The second-order valence-electron chi connectivity index (χ2n) is 3.62. The van der Waals surface area contributed by atoms with Gasteiger partial charge in [0.1, 0.15) is 0 Å². The third kappa shape index (κ3) is 3.88. The second-order valence-corrected chi connectivity index (χ2v) is 4.40. The van der Waals surface area contributed by atoms with Crippen LogP contribution in [0.15, 0.2) is 23.4 Å². The van der Waals surface area contributed by atoms with Gasteiger partial charge in [0.25, 0.3) is 0 Å². The maximum absolute atomic E-state index is 10.0. The van der Waals surface area contributed by atoms with E-state index >= 15 is 0 Å². The summed E-state index contributed by atoms with van der Waals surface area (Å²) >= 11 is 0.779. The molecule has 5 nitrogen and oxygen atoms in total. The van der Waals surface area contributed by atoms with Crippen molar-refractivity contribution in [1.29, 1.82) is 0 Å². The van der Waals surface area contributed by atoms with Gasteiger partial charge in [-0.3, -0.25) is 4.98 Å². The van der Waals surface area contributed by atoms with Crippen LogP contribution in [0, 0.1) is 0 Å². The molecule has 2 heterocycles. The molecule has 0 amide bonds. The van der Waals surface area contributed by atoms with E-state index in [9.17, 15) is 5.26 Å². The largest absolute Gasteiger partial charge is 1.00 e. The molecule has 1 saturated heterocycles. The van der Waals surface area contributed by atoms with E-state index in [2.05, 4.69) is 14.2 Å². The van der Waals surface area contributed by atoms with E-state index in [0.717, 1.165) is 37.2 Å². The van der Waals surface area contributed by atoms with E-state index in [1.165, 1.54) is 0 Å². The molecule has 7 heteroatoms. The minimum absolute atomic E-state index is 0. The van der Waals surface area contributed by atoms with Crippen molar-refractivity contribution >= 4 is 17.7 Å². The van der Waals surface area contributed by atoms with E-state index in [4.69, 9.17) is 4.74 Å². The molecule has 1 aromatic heterocycles. The first-order chi connectivity index (χ1) is 7.83. The molecular weight excluding hydrogens is 235 g/mol. The van der Waals surface area contributed by atoms with Gasteiger partial charge in [-0.1, -0.05) is 0 Å². The zero-order valence-corrected chi connectivity index (χ0v) is 10.8. The van der Waals surface area contributed by atoms with Crippen LogP contribution in [0.1, 0.15) is 6.42 Å². The van der Waals surface area contributed by atoms with Gasteiger partial charge in [-0.05, 0) is 12.5 Å². The molecule has 0 saturated carbocycles. The average molecular weight is 248 g/mol. The van der Waals surface area contributed by atoms with E-state index in [-0.39, 0.29) is 25.0 Å². The van der Waals surface area contributed by atoms with E-state index in [1.807, 2.05) is 6.07 Å². The van der Waals surface area contributed by atoms with Crippen LogP contribution in [0.5, 0.6) is 0 Å². The third-order valence-electron chi connectivity index (χ3n) is 2.67. The molecule has 0 bridgehead atoms. The Kier molecular flexibility index (Phi) is 6.34. The van der Waals surface area contributed by atoms with E-state index < -0.39 is 0 Å². The summed E-state index contributed by atoms with van der Waals surface area (Å²) in [6.45, 7) is 1.82. The Hall–Kier alpha value is -0.223. The summed E-state index contributed by atoms with van der Waals surface area (Å²) in [4.78, 5) is 6.98. The fourth-order valence-electron chi connectivity index (χ4n) is 1.82. The van der Waals surface area contributed by atoms with E-state index in [1.54, 1.807) is 19.5 Å². The molecule has 1 aromatic rings. The standard InChI is InChI=1S/C10H14N2O3S.Li/c1-14-9-2-3-12(7-9)8-4-10(16-15-13)6-11-5-8;/h4-6,9,13H,2-3,7H2,1H3;/q;+1/p-1/t9-;/m1./s1. The van der Waals surface area contributed by atoms with Crippen LogP contribution < -0.4 is 29.0 Å². The fraction of sp³-hybridized carbons (Fsp3) is 0.500. The van der Waals surface area contributed by atoms with Gasteiger partial charge in [0.15, 0.2) is 0 Å². The predicted octanol–water partition coefficient (Wildman–Crippen LogP) is -2.39. The molecule has 2 rings (SSSR count). The zero-order chi connectivity index (χ0) is 11.4. The van der Waals surface area contributed by atoms with Crippen molar-refractivity contribution in [3.05, 3.63) is 18.5 Å². The number of pyridine rings is 1. The quantitative estimate of drug-likeness (QED) is 0.256. The molecule has 1 atom stereocenters. The summed E-state index contributed by atoms with van der Waals surface area (Å²) < 4.78 is 9.07. The number of nitrogens with zero attached hydrogens (tertiary/aromatic N) is 2. The van der Waals surface area contributed by atoms with Crippen molar-refractivity contribution in [2.45, 2.75) is 17.4 Å². The van der Waals surface area contributed by atoms with Gasteiger partial charge in [-0.2, -0.15) is 0 Å². The Morgan fingerprint density at radius 3 is 3.00 bits per heavy atom. The summed E-state index contributed by atoms with van der Waals surface area (Å²) in [6, 6.07) is 1.90. The van der Waals surface area contributed by atoms with Gasteiger partial charge in [0.2, 0.25) is 0 Å². The number of hydrogen-bond donors (Lipinski definition) is 0. The summed E-state index contributed by atoms with van der Waals surface area (Å²) in [5.74, 6) is 0. The van der Waals surface area contributed by atoms with Crippen LogP contribution in [0.25, 0.3) is 0 Å². The molecule has 1 aliphatic rings. The van der Waals surface area contributed by atoms with Gasteiger partial charge in [-0.25, -0.2) is 0 Å². The number of hydrogen-bond acceptors (Lipinski definition) is 6. The monoisotopic (exact) mass is 248 g/mol. The Bertz CT molecular complexity index is 356. The summed E-state index contributed by atoms with van der Waals surface area (Å²) in [7, 11) is 1.73. The van der Waals surface area contributed by atoms with Crippen LogP contribution >= 0.6 is 12.0 Å². The Morgan fingerprint density at radius 1 is 1.53 bits per heavy atom. The summed E-state index contributed by atoms with van der Waals surface area (Å²) in [5, 5.41) is 10.0. The third-order valence-corrected chi connectivity index (χ3v) is 3.16. The molecule has 1 fully saturated rings. The first-order valence-electron chi connectivity index (χ1n) is 5.03. The van der Waals surface area contributed by atoms with Gasteiger partial charge < -0.3 is 19.2 Å². The van der Waals surface area contributed by atoms with Gasteiger partial charge in [0.05, 0.1) is 22.9 Å². The molecule has 0 unspecified atom stereocenters. The zero-order valence-electron chi connectivity index (χ0n) is 9.96. The Balaban J connectivity index is 0.00000144. The van der Waals surface area contributed by atoms with Crippen LogP contribution in [-0.2, 0) is 9.07 Å². The minimum Gasteiger partial charge on any atom is -0.710 e. The summed E-state index contributed by atoms with van der Waals surface area (Å²) in [5.41, 5.74) is 1.00. The number of rotatable bonds is 4. The van der Waals surface area contributed by atoms with Crippen molar-refractivity contribution in [3.8, 4) is 0 Å². The van der Waals surface area contributed by atoms with Gasteiger partial charge in [0, 0.05) is 38.4 Å². The normalized spacial score (nSPS) is 19.2. The van der Waals surface area contributed by atoms with Crippen LogP contribution in [0.4, 0.5) is 5.69 Å². The summed E-state index contributed by atoms with van der Waals surface area (Å²) in [6.07, 6.45) is 4.70. The molecule has 0 radical (unpaired) electrons. The smallest absolute Gasteiger partial charge is 0.710 e. The number of anilines is 1. The Labute approximate surface area is 117 Å². The maximum Gasteiger partial charge on any atom is 1.00 e. The Morgan fingerprint density at radius 2 is 2.35 bits per heavy atom. The number of methoxy groups -OCH3 is 1. The first-order valence-corrected chi connectivity index (χ1v) is 5.77. The molecule has 88 valence electrons. The molecule has 0 N–H and O–H groups in total. The molecule has 17 heavy (non-hydrogen) atoms. The SMILES string of the molecule is CO[C@@H]1CCN(c2cncc(SO[O-])c2)C1.[Li+]. The van der Waals surface area contributed by atoms with Gasteiger partial charge >= 0.3 is 18.9 Å². The molecule has 0 aromatic carbocycles. The predicted molar refractivity (Wildman–Crippen MR) is 58.8 cm³/mol. The average Bonchev–Trinajstić information content (AvgIpc) is 2.78. The first kappa shape index (κ1) is 14.8. The topological polar surface area (TPSA) is 57.7 Å². The van der Waals surface area contributed by atoms with Crippen molar-refractivity contribution in [1.82, 2.24) is 4.98 Å². The van der Waals surface area contributed by atoms with Crippen LogP contribution in [0.2, 0.25) is 0 Å². The van der Waals surface area contributed by atoms with E-state index in [0.29, 0.717) is 4.90 Å². The van der Waals surface area contributed by atoms with Crippen LogP contribution in [-0.4, -0.2) is 31.3 Å². The van der Waals surface area contributed by atoms with Gasteiger partial charge in [-0.15, -0.1) is 0 Å². The van der Waals surface area contributed by atoms with Crippen LogP contribution in [0.3, 0.4) is 0 Å². The molecular formula is C10H13LiN2O3S. The maximum atomic E-state index is 10.0. The van der Waals surface area contributed by atoms with Crippen molar-refractivity contribution in [2.75, 3.05) is 25.1 Å². The molecule has 0 aliphatic carbocycles. The number of aromatic nitrogens is 1. The number of ether oxygens (including phenoxy) is 1.